The Bertz CT molecular complexity index is 690. The first-order chi connectivity index (χ1) is 11.0. The van der Waals surface area contributed by atoms with Crippen LogP contribution >= 0.6 is 0 Å². The summed E-state index contributed by atoms with van der Waals surface area (Å²) in [6.45, 7) is 1.61. The zero-order chi connectivity index (χ0) is 16.5. The van der Waals surface area contributed by atoms with Gasteiger partial charge in [-0.3, -0.25) is 0 Å². The van der Waals surface area contributed by atoms with Crippen molar-refractivity contribution in [3.8, 4) is 0 Å². The van der Waals surface area contributed by atoms with Crippen LogP contribution in [-0.4, -0.2) is 24.7 Å². The summed E-state index contributed by atoms with van der Waals surface area (Å²) in [6.07, 6.45) is -0.661. The summed E-state index contributed by atoms with van der Waals surface area (Å²) in [7, 11) is 1.29. The van der Waals surface area contributed by atoms with Gasteiger partial charge in [-0.25, -0.2) is 9.59 Å². The standard InChI is InChI=1S/C18H17NO4/c1-17(15(20)22-2)18(23-16(21)19-17,13-9-5-3-6-10-13)14-11-7-4-8-12-14/h3-12H,1-2H3,(H,19,21). The van der Waals surface area contributed by atoms with Gasteiger partial charge in [0.15, 0.2) is 11.1 Å². The number of ether oxygens (including phenoxy) is 2. The van der Waals surface area contributed by atoms with Gasteiger partial charge in [-0.15, -0.1) is 0 Å². The minimum atomic E-state index is -1.39. The summed E-state index contributed by atoms with van der Waals surface area (Å²) >= 11 is 0. The average molecular weight is 311 g/mol. The van der Waals surface area contributed by atoms with E-state index >= 15 is 0 Å². The molecule has 1 atom stereocenters. The molecule has 5 nitrogen and oxygen atoms in total. The Hall–Kier alpha value is -2.82. The third kappa shape index (κ3) is 2.08. The average Bonchev–Trinajstić information content (AvgIpc) is 2.88. The van der Waals surface area contributed by atoms with E-state index in [1.807, 2.05) is 60.7 Å². The molecule has 1 unspecified atom stereocenters. The molecule has 1 aliphatic rings. The first-order valence-electron chi connectivity index (χ1n) is 7.25. The maximum Gasteiger partial charge on any atom is 0.409 e. The summed E-state index contributed by atoms with van der Waals surface area (Å²) in [5.41, 5.74) is -1.31. The van der Waals surface area contributed by atoms with Gasteiger partial charge >= 0.3 is 12.1 Å². The molecule has 1 heterocycles. The largest absolute Gasteiger partial charge is 0.467 e. The number of benzene rings is 2. The van der Waals surface area contributed by atoms with E-state index in [2.05, 4.69) is 5.32 Å². The van der Waals surface area contributed by atoms with Crippen LogP contribution in [-0.2, 0) is 19.9 Å². The van der Waals surface area contributed by atoms with Crippen LogP contribution in [0.4, 0.5) is 4.79 Å². The van der Waals surface area contributed by atoms with Crippen molar-refractivity contribution in [2.24, 2.45) is 0 Å². The van der Waals surface area contributed by atoms with Crippen LogP contribution in [0.15, 0.2) is 60.7 Å². The van der Waals surface area contributed by atoms with E-state index in [0.29, 0.717) is 11.1 Å². The fourth-order valence-corrected chi connectivity index (χ4v) is 3.17. The van der Waals surface area contributed by atoms with E-state index in [9.17, 15) is 9.59 Å². The molecular weight excluding hydrogens is 294 g/mol. The summed E-state index contributed by atoms with van der Waals surface area (Å²) < 4.78 is 10.7. The van der Waals surface area contributed by atoms with Crippen molar-refractivity contribution < 1.29 is 19.1 Å². The number of amides is 1. The maximum atomic E-state index is 12.5. The second-order valence-electron chi connectivity index (χ2n) is 5.54. The zero-order valence-corrected chi connectivity index (χ0v) is 12.9. The minimum absolute atomic E-state index is 0.573. The Kier molecular flexibility index (Phi) is 3.56. The second kappa shape index (κ2) is 5.43. The summed E-state index contributed by atoms with van der Waals surface area (Å²) in [6, 6.07) is 18.4. The third-order valence-electron chi connectivity index (χ3n) is 4.26. The summed E-state index contributed by atoms with van der Waals surface area (Å²) in [4.78, 5) is 24.6. The molecule has 0 spiro atoms. The first-order valence-corrected chi connectivity index (χ1v) is 7.25. The highest BCUT2D eigenvalue weighted by Gasteiger charge is 2.65. The molecular formula is C18H17NO4. The molecule has 1 N–H and O–H groups in total. The van der Waals surface area contributed by atoms with Gasteiger partial charge < -0.3 is 14.8 Å². The van der Waals surface area contributed by atoms with Crippen LogP contribution in [0, 0.1) is 0 Å². The highest BCUT2D eigenvalue weighted by molar-refractivity contribution is 5.91. The maximum absolute atomic E-state index is 12.5. The van der Waals surface area contributed by atoms with Crippen LogP contribution in [0.2, 0.25) is 0 Å². The molecule has 1 aliphatic heterocycles. The molecule has 0 saturated carbocycles. The Labute approximate surface area is 134 Å². The molecule has 118 valence electrons. The fraction of sp³-hybridized carbons (Fsp3) is 0.222. The monoisotopic (exact) mass is 311 g/mol. The van der Waals surface area contributed by atoms with Crippen LogP contribution in [0.25, 0.3) is 0 Å². The normalized spacial score (nSPS) is 22.1. The van der Waals surface area contributed by atoms with Crippen molar-refractivity contribution in [3.05, 3.63) is 71.8 Å². The van der Waals surface area contributed by atoms with E-state index in [-0.39, 0.29) is 0 Å². The predicted molar refractivity (Wildman–Crippen MR) is 83.7 cm³/mol. The van der Waals surface area contributed by atoms with E-state index in [1.54, 1.807) is 6.92 Å². The Morgan fingerprint density at radius 3 is 1.91 bits per heavy atom. The summed E-state index contributed by atoms with van der Waals surface area (Å²) in [5.74, 6) is -0.573. The molecule has 5 heteroatoms. The van der Waals surface area contributed by atoms with Crippen LogP contribution in [0.5, 0.6) is 0 Å². The van der Waals surface area contributed by atoms with Crippen LogP contribution in [0.3, 0.4) is 0 Å². The van der Waals surface area contributed by atoms with E-state index in [0.717, 1.165) is 0 Å². The summed E-state index contributed by atoms with van der Waals surface area (Å²) in [5, 5.41) is 2.63. The number of esters is 1. The van der Waals surface area contributed by atoms with Crippen molar-refractivity contribution in [1.29, 1.82) is 0 Å². The van der Waals surface area contributed by atoms with Gasteiger partial charge in [-0.1, -0.05) is 60.7 Å². The number of rotatable bonds is 3. The lowest BCUT2D eigenvalue weighted by Gasteiger charge is -2.38. The highest BCUT2D eigenvalue weighted by Crippen LogP contribution is 2.47. The van der Waals surface area contributed by atoms with Gasteiger partial charge in [0.1, 0.15) is 0 Å². The lowest BCUT2D eigenvalue weighted by molar-refractivity contribution is -0.152. The van der Waals surface area contributed by atoms with Crippen molar-refractivity contribution in [3.63, 3.8) is 0 Å². The number of cyclic esters (lactones) is 1. The van der Waals surface area contributed by atoms with Gasteiger partial charge in [-0.2, -0.15) is 0 Å². The molecule has 2 aromatic rings. The quantitative estimate of drug-likeness (QED) is 0.885. The van der Waals surface area contributed by atoms with E-state index < -0.39 is 23.2 Å². The molecule has 1 amide bonds. The number of nitrogens with one attached hydrogen (secondary N) is 1. The number of methoxy groups -OCH3 is 1. The molecule has 0 radical (unpaired) electrons. The number of carbonyl (C=O) groups is 2. The van der Waals surface area contributed by atoms with Gasteiger partial charge in [0.25, 0.3) is 0 Å². The minimum Gasteiger partial charge on any atom is -0.467 e. The lowest BCUT2D eigenvalue weighted by atomic mass is 9.72. The van der Waals surface area contributed by atoms with Crippen LogP contribution in [0.1, 0.15) is 18.1 Å². The smallest absolute Gasteiger partial charge is 0.409 e. The molecule has 0 bridgehead atoms. The molecule has 0 aliphatic carbocycles. The zero-order valence-electron chi connectivity index (χ0n) is 12.9. The van der Waals surface area contributed by atoms with Crippen molar-refractivity contribution in [2.75, 3.05) is 7.11 Å². The van der Waals surface area contributed by atoms with Crippen molar-refractivity contribution >= 4 is 12.1 Å². The lowest BCUT2D eigenvalue weighted by Crippen LogP contribution is -2.59. The van der Waals surface area contributed by atoms with Crippen molar-refractivity contribution in [2.45, 2.75) is 18.1 Å². The number of hydrogen-bond acceptors (Lipinski definition) is 4. The molecule has 0 aromatic heterocycles. The highest BCUT2D eigenvalue weighted by atomic mass is 16.6. The topological polar surface area (TPSA) is 64.6 Å². The predicted octanol–water partition coefficient (Wildman–Crippen LogP) is 2.60. The van der Waals surface area contributed by atoms with E-state index in [4.69, 9.17) is 9.47 Å². The fourth-order valence-electron chi connectivity index (χ4n) is 3.17. The SMILES string of the molecule is COC(=O)C1(C)NC(=O)OC1(c1ccccc1)c1ccccc1. The molecule has 1 saturated heterocycles. The van der Waals surface area contributed by atoms with Gasteiger partial charge in [0, 0.05) is 11.1 Å². The third-order valence-corrected chi connectivity index (χ3v) is 4.26. The van der Waals surface area contributed by atoms with E-state index in [1.165, 1.54) is 7.11 Å². The molecule has 3 rings (SSSR count). The molecule has 2 aromatic carbocycles. The van der Waals surface area contributed by atoms with Gasteiger partial charge in [0.05, 0.1) is 7.11 Å². The molecule has 23 heavy (non-hydrogen) atoms. The number of hydrogen-bond donors (Lipinski definition) is 1. The number of carbonyl (C=O) groups excluding carboxylic acids is 2. The van der Waals surface area contributed by atoms with Crippen LogP contribution < -0.4 is 5.32 Å². The first kappa shape index (κ1) is 15.1. The Morgan fingerprint density at radius 2 is 1.48 bits per heavy atom. The van der Waals surface area contributed by atoms with Gasteiger partial charge in [-0.05, 0) is 6.92 Å². The van der Waals surface area contributed by atoms with Crippen molar-refractivity contribution in [1.82, 2.24) is 5.32 Å². The molecule has 1 fully saturated rings. The second-order valence-corrected chi connectivity index (χ2v) is 5.54. The Balaban J connectivity index is 2.32. The number of alkyl carbamates (subject to hydrolysis) is 1. The Morgan fingerprint density at radius 1 is 1.00 bits per heavy atom. The van der Waals surface area contributed by atoms with Gasteiger partial charge in [0.2, 0.25) is 0 Å².